The first-order valence-electron chi connectivity index (χ1n) is 4.04. The van der Waals surface area contributed by atoms with E-state index in [-0.39, 0.29) is 12.3 Å². The van der Waals surface area contributed by atoms with Crippen LogP contribution >= 0.6 is 0 Å². The van der Waals surface area contributed by atoms with Crippen LogP contribution in [0.15, 0.2) is 6.20 Å². The van der Waals surface area contributed by atoms with Crippen molar-refractivity contribution in [2.45, 2.75) is 19.8 Å². The molecule has 0 atom stereocenters. The van der Waals surface area contributed by atoms with Gasteiger partial charge in [0, 0.05) is 11.8 Å². The largest absolute Gasteiger partial charge is 0.309 e. The Morgan fingerprint density at radius 2 is 2.54 bits per heavy atom. The number of rotatable bonds is 4. The van der Waals surface area contributed by atoms with Crippen molar-refractivity contribution in [2.75, 3.05) is 5.32 Å². The van der Waals surface area contributed by atoms with Gasteiger partial charge in [-0.2, -0.15) is 5.10 Å². The summed E-state index contributed by atoms with van der Waals surface area (Å²) in [5.41, 5.74) is 0.930. The zero-order valence-electron chi connectivity index (χ0n) is 7.33. The molecule has 70 valence electrons. The highest BCUT2D eigenvalue weighted by Crippen LogP contribution is 2.10. The molecule has 0 bridgehead atoms. The van der Waals surface area contributed by atoms with Crippen molar-refractivity contribution in [1.82, 2.24) is 10.2 Å². The number of aldehydes is 1. The van der Waals surface area contributed by atoms with Gasteiger partial charge in [0.25, 0.3) is 0 Å². The van der Waals surface area contributed by atoms with Crippen LogP contribution < -0.4 is 5.32 Å². The Hall–Kier alpha value is -1.65. The average molecular weight is 181 g/mol. The monoisotopic (exact) mass is 181 g/mol. The van der Waals surface area contributed by atoms with Gasteiger partial charge in [-0.3, -0.25) is 9.89 Å². The number of nitrogens with one attached hydrogen (secondary N) is 2. The number of nitrogens with zero attached hydrogens (tertiary/aromatic N) is 1. The minimum Gasteiger partial charge on any atom is -0.309 e. The highest BCUT2D eigenvalue weighted by molar-refractivity contribution is 5.97. The highest BCUT2D eigenvalue weighted by atomic mass is 16.2. The molecule has 0 spiro atoms. The zero-order valence-corrected chi connectivity index (χ0v) is 7.33. The van der Waals surface area contributed by atoms with Gasteiger partial charge in [0.05, 0.1) is 6.42 Å². The second-order valence-corrected chi connectivity index (χ2v) is 2.53. The summed E-state index contributed by atoms with van der Waals surface area (Å²) in [7, 11) is 0. The van der Waals surface area contributed by atoms with E-state index < -0.39 is 0 Å². The quantitative estimate of drug-likeness (QED) is 0.524. The molecule has 1 aromatic rings. The Bertz CT molecular complexity index is 306. The summed E-state index contributed by atoms with van der Waals surface area (Å²) >= 11 is 0. The number of anilines is 1. The molecule has 5 heteroatoms. The lowest BCUT2D eigenvalue weighted by molar-refractivity contribution is -0.120. The lowest BCUT2D eigenvalue weighted by Crippen LogP contribution is -2.12. The van der Waals surface area contributed by atoms with Crippen molar-refractivity contribution >= 4 is 18.0 Å². The first-order chi connectivity index (χ1) is 6.27. The molecule has 5 nitrogen and oxygen atoms in total. The molecule has 2 N–H and O–H groups in total. The van der Waals surface area contributed by atoms with Crippen LogP contribution in [0.5, 0.6) is 0 Å². The first-order valence-corrected chi connectivity index (χ1v) is 4.04. The maximum absolute atomic E-state index is 11.0. The van der Waals surface area contributed by atoms with Gasteiger partial charge in [-0.15, -0.1) is 0 Å². The average Bonchev–Trinajstić information content (AvgIpc) is 2.52. The van der Waals surface area contributed by atoms with Crippen LogP contribution in [-0.4, -0.2) is 22.4 Å². The van der Waals surface area contributed by atoms with E-state index in [1.807, 2.05) is 6.92 Å². The summed E-state index contributed by atoms with van der Waals surface area (Å²) in [6.07, 6.45) is 2.94. The number of aryl methyl sites for hydroxylation is 1. The van der Waals surface area contributed by atoms with Gasteiger partial charge in [0.2, 0.25) is 5.91 Å². The number of hydrogen-bond acceptors (Lipinski definition) is 3. The normalized spacial score (nSPS) is 9.62. The molecular weight excluding hydrogens is 170 g/mol. The number of aromatic nitrogens is 2. The van der Waals surface area contributed by atoms with E-state index in [0.29, 0.717) is 12.1 Å². The summed E-state index contributed by atoms with van der Waals surface area (Å²) in [5, 5.41) is 9.01. The van der Waals surface area contributed by atoms with E-state index >= 15 is 0 Å². The Kier molecular flexibility index (Phi) is 3.19. The van der Waals surface area contributed by atoms with Crippen LogP contribution in [0.25, 0.3) is 0 Å². The van der Waals surface area contributed by atoms with E-state index in [1.165, 1.54) is 0 Å². The summed E-state index contributed by atoms with van der Waals surface area (Å²) < 4.78 is 0. The predicted octanol–water partition coefficient (Wildman–Crippen LogP) is 0.500. The number of hydrogen-bond donors (Lipinski definition) is 2. The fourth-order valence-electron chi connectivity index (χ4n) is 0.951. The zero-order chi connectivity index (χ0) is 9.68. The van der Waals surface area contributed by atoms with Crippen molar-refractivity contribution in [1.29, 1.82) is 0 Å². The maximum Gasteiger partial charge on any atom is 0.232 e. The van der Waals surface area contributed by atoms with Gasteiger partial charge in [0.15, 0.2) is 5.82 Å². The second-order valence-electron chi connectivity index (χ2n) is 2.53. The molecule has 1 aromatic heterocycles. The standard InChI is InChI=1S/C8H11N3O2/c1-2-6-5-9-11-8(6)10-7(13)3-4-12/h4-5H,2-3H2,1H3,(H2,9,10,11,13). The predicted molar refractivity (Wildman–Crippen MR) is 47.3 cm³/mol. The summed E-state index contributed by atoms with van der Waals surface area (Å²) in [5.74, 6) is 0.172. The van der Waals surface area contributed by atoms with Gasteiger partial charge in [-0.05, 0) is 6.42 Å². The Morgan fingerprint density at radius 1 is 1.77 bits per heavy atom. The fraction of sp³-hybridized carbons (Fsp3) is 0.375. The number of carbonyl (C=O) groups excluding carboxylic acids is 2. The second kappa shape index (κ2) is 4.39. The van der Waals surface area contributed by atoms with Gasteiger partial charge in [-0.25, -0.2) is 0 Å². The molecule has 0 aromatic carbocycles. The minimum absolute atomic E-state index is 0.129. The summed E-state index contributed by atoms with van der Waals surface area (Å²) in [6, 6.07) is 0. The third kappa shape index (κ3) is 2.40. The third-order valence-corrected chi connectivity index (χ3v) is 1.63. The van der Waals surface area contributed by atoms with Crippen molar-refractivity contribution in [3.63, 3.8) is 0 Å². The minimum atomic E-state index is -0.336. The summed E-state index contributed by atoms with van der Waals surface area (Å²) in [4.78, 5) is 21.0. The van der Waals surface area contributed by atoms with E-state index in [0.717, 1.165) is 12.0 Å². The number of amides is 1. The SMILES string of the molecule is CCc1c[nH]nc1NC(=O)CC=O. The van der Waals surface area contributed by atoms with Gasteiger partial charge in [-0.1, -0.05) is 6.92 Å². The smallest absolute Gasteiger partial charge is 0.232 e. The van der Waals surface area contributed by atoms with Crippen LogP contribution in [-0.2, 0) is 16.0 Å². The lowest BCUT2D eigenvalue weighted by atomic mass is 10.2. The lowest BCUT2D eigenvalue weighted by Gasteiger charge is -1.99. The van der Waals surface area contributed by atoms with E-state index in [9.17, 15) is 9.59 Å². The van der Waals surface area contributed by atoms with Crippen LogP contribution in [0.4, 0.5) is 5.82 Å². The topological polar surface area (TPSA) is 74.8 Å². The molecule has 0 unspecified atom stereocenters. The van der Waals surface area contributed by atoms with E-state index in [4.69, 9.17) is 0 Å². The molecule has 13 heavy (non-hydrogen) atoms. The van der Waals surface area contributed by atoms with Crippen LogP contribution in [0.1, 0.15) is 18.9 Å². The van der Waals surface area contributed by atoms with Gasteiger partial charge < -0.3 is 10.1 Å². The molecule has 0 saturated heterocycles. The van der Waals surface area contributed by atoms with Crippen molar-refractivity contribution < 1.29 is 9.59 Å². The van der Waals surface area contributed by atoms with Crippen molar-refractivity contribution in [2.24, 2.45) is 0 Å². The van der Waals surface area contributed by atoms with Crippen molar-refractivity contribution in [3.8, 4) is 0 Å². The Balaban J connectivity index is 2.62. The molecule has 1 rings (SSSR count). The molecule has 0 saturated carbocycles. The highest BCUT2D eigenvalue weighted by Gasteiger charge is 2.06. The van der Waals surface area contributed by atoms with Crippen molar-refractivity contribution in [3.05, 3.63) is 11.8 Å². The fourth-order valence-corrected chi connectivity index (χ4v) is 0.951. The van der Waals surface area contributed by atoms with Gasteiger partial charge >= 0.3 is 0 Å². The number of carbonyl (C=O) groups is 2. The number of H-pyrrole nitrogens is 1. The molecule has 0 aliphatic carbocycles. The molecule has 0 aliphatic heterocycles. The van der Waals surface area contributed by atoms with Crippen LogP contribution in [0.3, 0.4) is 0 Å². The Morgan fingerprint density at radius 3 is 3.15 bits per heavy atom. The van der Waals surface area contributed by atoms with Crippen LogP contribution in [0, 0.1) is 0 Å². The molecule has 1 amide bonds. The Labute approximate surface area is 75.5 Å². The molecular formula is C8H11N3O2. The number of aromatic amines is 1. The molecule has 0 aliphatic rings. The molecule has 1 heterocycles. The molecule has 0 radical (unpaired) electrons. The van der Waals surface area contributed by atoms with Gasteiger partial charge in [0.1, 0.15) is 6.29 Å². The third-order valence-electron chi connectivity index (χ3n) is 1.63. The first kappa shape index (κ1) is 9.44. The van der Waals surface area contributed by atoms with Crippen LogP contribution in [0.2, 0.25) is 0 Å². The van der Waals surface area contributed by atoms with E-state index in [1.54, 1.807) is 6.20 Å². The van der Waals surface area contributed by atoms with E-state index in [2.05, 4.69) is 15.5 Å². The maximum atomic E-state index is 11.0. The molecule has 0 fully saturated rings. The summed E-state index contributed by atoms with van der Waals surface area (Å²) in [6.45, 7) is 1.96.